The van der Waals surface area contributed by atoms with Crippen LogP contribution in [0.5, 0.6) is 17.2 Å². The lowest BCUT2D eigenvalue weighted by Gasteiger charge is -2.07. The maximum atomic E-state index is 5.41. The molecule has 0 aliphatic rings. The van der Waals surface area contributed by atoms with Crippen LogP contribution < -0.4 is 14.2 Å². The first-order chi connectivity index (χ1) is 8.80. The van der Waals surface area contributed by atoms with Crippen LogP contribution in [-0.4, -0.2) is 0 Å². The molecule has 0 fully saturated rings. The zero-order valence-electron chi connectivity index (χ0n) is 10.9. The van der Waals surface area contributed by atoms with Crippen molar-refractivity contribution in [2.75, 3.05) is 0 Å². The number of hydrogen-bond donors (Lipinski definition) is 0. The summed E-state index contributed by atoms with van der Waals surface area (Å²) in [6.07, 6.45) is 10.3. The summed E-state index contributed by atoms with van der Waals surface area (Å²) < 4.78 is 16.2. The molecule has 0 amide bonds. The molecule has 0 spiro atoms. The van der Waals surface area contributed by atoms with Crippen molar-refractivity contribution in [3.63, 3.8) is 0 Å². The van der Waals surface area contributed by atoms with E-state index in [-0.39, 0.29) is 0 Å². The van der Waals surface area contributed by atoms with Gasteiger partial charge in [0.1, 0.15) is 17.2 Å². The number of rotatable bonds is 6. The number of hydrogen-bond acceptors (Lipinski definition) is 3. The maximum absolute atomic E-state index is 5.41. The van der Waals surface area contributed by atoms with Crippen LogP contribution in [0.25, 0.3) is 0 Å². The van der Waals surface area contributed by atoms with Gasteiger partial charge in [0, 0.05) is 18.2 Å². The molecule has 0 bridgehead atoms. The van der Waals surface area contributed by atoms with Crippen LogP contribution in [0.4, 0.5) is 0 Å². The Morgan fingerprint density at radius 2 is 0.889 bits per heavy atom. The average molecular weight is 246 g/mol. The molecule has 3 nitrogen and oxygen atoms in total. The highest BCUT2D eigenvalue weighted by atomic mass is 16.5. The van der Waals surface area contributed by atoms with Crippen LogP contribution in [0, 0.1) is 0 Å². The smallest absolute Gasteiger partial charge is 0.133 e. The minimum atomic E-state index is 0.662. The molecule has 18 heavy (non-hydrogen) atoms. The van der Waals surface area contributed by atoms with Gasteiger partial charge < -0.3 is 14.2 Å². The van der Waals surface area contributed by atoms with Gasteiger partial charge in [-0.3, -0.25) is 0 Å². The summed E-state index contributed by atoms with van der Waals surface area (Å²) in [6.45, 7) is 5.66. The Balaban J connectivity index is 2.94. The first-order valence-corrected chi connectivity index (χ1v) is 5.78. The molecule has 0 radical (unpaired) electrons. The summed E-state index contributed by atoms with van der Waals surface area (Å²) >= 11 is 0. The Morgan fingerprint density at radius 1 is 0.611 bits per heavy atom. The number of ether oxygens (including phenoxy) is 3. The van der Waals surface area contributed by atoms with Gasteiger partial charge in [0.2, 0.25) is 0 Å². The molecular formula is C15H18O3. The lowest BCUT2D eigenvalue weighted by Crippen LogP contribution is -1.89. The quantitative estimate of drug-likeness (QED) is 0.695. The third kappa shape index (κ3) is 4.78. The van der Waals surface area contributed by atoms with Gasteiger partial charge in [-0.05, 0) is 20.8 Å². The third-order valence-corrected chi connectivity index (χ3v) is 1.87. The fourth-order valence-corrected chi connectivity index (χ4v) is 1.19. The van der Waals surface area contributed by atoms with Crippen molar-refractivity contribution in [1.29, 1.82) is 0 Å². The molecular weight excluding hydrogens is 228 g/mol. The summed E-state index contributed by atoms with van der Waals surface area (Å²) in [6, 6.07) is 5.38. The summed E-state index contributed by atoms with van der Waals surface area (Å²) in [5.41, 5.74) is 0. The first kappa shape index (κ1) is 13.9. The summed E-state index contributed by atoms with van der Waals surface area (Å²) in [4.78, 5) is 0. The van der Waals surface area contributed by atoms with E-state index < -0.39 is 0 Å². The van der Waals surface area contributed by atoms with Crippen LogP contribution in [0.2, 0.25) is 0 Å². The molecule has 0 unspecified atom stereocenters. The van der Waals surface area contributed by atoms with E-state index >= 15 is 0 Å². The molecule has 0 atom stereocenters. The fraction of sp³-hybridized carbons (Fsp3) is 0.200. The predicted octanol–water partition coefficient (Wildman–Crippen LogP) is 4.42. The monoisotopic (exact) mass is 246 g/mol. The van der Waals surface area contributed by atoms with Crippen molar-refractivity contribution in [2.24, 2.45) is 0 Å². The third-order valence-electron chi connectivity index (χ3n) is 1.87. The van der Waals surface area contributed by atoms with Gasteiger partial charge in [0.25, 0.3) is 0 Å². The van der Waals surface area contributed by atoms with Crippen molar-refractivity contribution in [2.45, 2.75) is 20.8 Å². The standard InChI is InChI=1S/C15H18O3/c1-4-7-16-13-10-14(17-8-5-2)12-15(11-13)18-9-6-3/h4-12H,1-3H3/b7-4-,8-5-,9-6-. The van der Waals surface area contributed by atoms with Gasteiger partial charge in [-0.2, -0.15) is 0 Å². The molecule has 0 heterocycles. The highest BCUT2D eigenvalue weighted by Crippen LogP contribution is 2.28. The lowest BCUT2D eigenvalue weighted by atomic mass is 10.3. The second-order valence-electron chi connectivity index (χ2n) is 3.40. The highest BCUT2D eigenvalue weighted by molar-refractivity contribution is 5.43. The van der Waals surface area contributed by atoms with Crippen LogP contribution in [0.3, 0.4) is 0 Å². The van der Waals surface area contributed by atoms with Crippen LogP contribution in [-0.2, 0) is 0 Å². The molecule has 0 N–H and O–H groups in total. The van der Waals surface area contributed by atoms with E-state index in [0.717, 1.165) is 0 Å². The number of benzene rings is 1. The van der Waals surface area contributed by atoms with E-state index in [1.807, 2.05) is 39.0 Å². The SMILES string of the molecule is C/C=C\Oc1cc(O/C=C\C)cc(O/C=C\C)c1. The molecule has 0 aliphatic heterocycles. The molecule has 1 aromatic carbocycles. The van der Waals surface area contributed by atoms with Crippen molar-refractivity contribution in [1.82, 2.24) is 0 Å². The Hall–Kier alpha value is -2.16. The first-order valence-electron chi connectivity index (χ1n) is 5.78. The summed E-state index contributed by atoms with van der Waals surface area (Å²) in [7, 11) is 0. The molecule has 1 rings (SSSR count). The molecule has 1 aromatic rings. The maximum Gasteiger partial charge on any atom is 0.133 e. The fourth-order valence-electron chi connectivity index (χ4n) is 1.19. The second-order valence-corrected chi connectivity index (χ2v) is 3.40. The summed E-state index contributed by atoms with van der Waals surface area (Å²) in [5.74, 6) is 1.99. The zero-order chi connectivity index (χ0) is 13.2. The largest absolute Gasteiger partial charge is 0.465 e. The topological polar surface area (TPSA) is 27.7 Å². The average Bonchev–Trinajstić information content (AvgIpc) is 2.40. The summed E-state index contributed by atoms with van der Waals surface area (Å²) in [5, 5.41) is 0. The molecule has 0 aliphatic carbocycles. The normalized spacial score (nSPS) is 11.5. The van der Waals surface area contributed by atoms with Gasteiger partial charge in [-0.1, -0.05) is 18.2 Å². The van der Waals surface area contributed by atoms with Crippen LogP contribution in [0.1, 0.15) is 20.8 Å². The van der Waals surface area contributed by atoms with E-state index in [9.17, 15) is 0 Å². The molecule has 96 valence electrons. The Morgan fingerprint density at radius 3 is 1.11 bits per heavy atom. The Kier molecular flexibility index (Phi) is 6.19. The highest BCUT2D eigenvalue weighted by Gasteiger charge is 2.02. The zero-order valence-corrected chi connectivity index (χ0v) is 10.9. The van der Waals surface area contributed by atoms with E-state index in [0.29, 0.717) is 17.2 Å². The molecule has 3 heteroatoms. The van der Waals surface area contributed by atoms with Crippen molar-refractivity contribution >= 4 is 0 Å². The Labute approximate surface area is 108 Å². The second kappa shape index (κ2) is 8.01. The minimum absolute atomic E-state index is 0.662. The van der Waals surface area contributed by atoms with E-state index in [1.54, 1.807) is 37.0 Å². The molecule has 0 saturated heterocycles. The van der Waals surface area contributed by atoms with Gasteiger partial charge in [-0.15, -0.1) is 0 Å². The Bertz CT molecular complexity index is 366. The lowest BCUT2D eigenvalue weighted by molar-refractivity contribution is 0.437. The van der Waals surface area contributed by atoms with E-state index in [4.69, 9.17) is 14.2 Å². The molecule has 0 saturated carbocycles. The van der Waals surface area contributed by atoms with Gasteiger partial charge in [0.15, 0.2) is 0 Å². The van der Waals surface area contributed by atoms with Crippen molar-refractivity contribution in [3.05, 3.63) is 55.2 Å². The van der Waals surface area contributed by atoms with Gasteiger partial charge in [0.05, 0.1) is 18.8 Å². The predicted molar refractivity (Wildman–Crippen MR) is 72.8 cm³/mol. The van der Waals surface area contributed by atoms with Crippen molar-refractivity contribution in [3.8, 4) is 17.2 Å². The van der Waals surface area contributed by atoms with E-state index in [2.05, 4.69) is 0 Å². The number of allylic oxidation sites excluding steroid dienone is 3. The van der Waals surface area contributed by atoms with Gasteiger partial charge >= 0.3 is 0 Å². The molecule has 0 aromatic heterocycles. The van der Waals surface area contributed by atoms with Crippen molar-refractivity contribution < 1.29 is 14.2 Å². The van der Waals surface area contributed by atoms with Crippen LogP contribution in [0.15, 0.2) is 55.2 Å². The van der Waals surface area contributed by atoms with E-state index in [1.165, 1.54) is 0 Å². The van der Waals surface area contributed by atoms with Crippen LogP contribution >= 0.6 is 0 Å². The van der Waals surface area contributed by atoms with Gasteiger partial charge in [-0.25, -0.2) is 0 Å². The minimum Gasteiger partial charge on any atom is -0.465 e.